The molecule has 0 saturated carbocycles. The molecule has 0 unspecified atom stereocenters. The number of hydrogen-bond donors (Lipinski definition) is 0. The van der Waals surface area contributed by atoms with Crippen molar-refractivity contribution in [3.8, 4) is 0 Å². The Balaban J connectivity index is 1.54. The molecular weight excluding hydrogens is 312 g/mol. The first-order chi connectivity index (χ1) is 12.3. The van der Waals surface area contributed by atoms with Crippen LogP contribution in [-0.4, -0.2) is 41.2 Å². The van der Waals surface area contributed by atoms with Crippen LogP contribution in [0.25, 0.3) is 10.9 Å². The van der Waals surface area contributed by atoms with Crippen LogP contribution < -0.4 is 4.90 Å². The van der Waals surface area contributed by atoms with Crippen molar-refractivity contribution in [2.45, 2.75) is 26.3 Å². The predicted molar refractivity (Wildman–Crippen MR) is 99.7 cm³/mol. The van der Waals surface area contributed by atoms with Crippen molar-refractivity contribution >= 4 is 16.6 Å². The van der Waals surface area contributed by atoms with Gasteiger partial charge in [0.25, 0.3) is 0 Å². The van der Waals surface area contributed by atoms with E-state index >= 15 is 0 Å². The van der Waals surface area contributed by atoms with Gasteiger partial charge in [-0.1, -0.05) is 36.7 Å². The number of aromatic nitrogens is 2. The summed E-state index contributed by atoms with van der Waals surface area (Å²) < 4.78 is 4.94. The molecule has 25 heavy (non-hydrogen) atoms. The maximum atomic E-state index is 4.94. The zero-order valence-corrected chi connectivity index (χ0v) is 14.7. The highest BCUT2D eigenvalue weighted by atomic mass is 16.5. The molecule has 1 saturated heterocycles. The van der Waals surface area contributed by atoms with E-state index in [1.165, 1.54) is 16.8 Å². The van der Waals surface area contributed by atoms with Crippen LogP contribution in [0.1, 0.15) is 24.7 Å². The zero-order chi connectivity index (χ0) is 17.1. The number of fused-ring (bicyclic) bond motifs is 1. The molecule has 1 aliphatic heterocycles. The van der Waals surface area contributed by atoms with Crippen molar-refractivity contribution in [2.75, 3.05) is 31.1 Å². The van der Waals surface area contributed by atoms with Crippen LogP contribution in [0, 0.1) is 0 Å². The zero-order valence-electron chi connectivity index (χ0n) is 14.7. The lowest BCUT2D eigenvalue weighted by atomic mass is 10.1. The van der Waals surface area contributed by atoms with Gasteiger partial charge in [0, 0.05) is 55.6 Å². The molecule has 0 aliphatic carbocycles. The molecule has 1 aromatic carbocycles. The van der Waals surface area contributed by atoms with Gasteiger partial charge in [-0.3, -0.25) is 9.88 Å². The molecule has 0 spiro atoms. The Hall–Kier alpha value is -2.40. The van der Waals surface area contributed by atoms with Crippen molar-refractivity contribution in [3.05, 3.63) is 54.0 Å². The summed E-state index contributed by atoms with van der Waals surface area (Å²) in [6.45, 7) is 7.19. The smallest absolute Gasteiger partial charge is 0.124 e. The number of aryl methyl sites for hydroxylation is 1. The number of para-hydroxylation sites is 1. The van der Waals surface area contributed by atoms with Gasteiger partial charge in [-0.15, -0.1) is 0 Å². The summed E-state index contributed by atoms with van der Waals surface area (Å²) in [5, 5.41) is 5.28. The van der Waals surface area contributed by atoms with Crippen LogP contribution >= 0.6 is 0 Å². The van der Waals surface area contributed by atoms with Crippen LogP contribution in [0.2, 0.25) is 0 Å². The Morgan fingerprint density at radius 2 is 1.88 bits per heavy atom. The lowest BCUT2D eigenvalue weighted by molar-refractivity contribution is 0.242. The Morgan fingerprint density at radius 3 is 2.64 bits per heavy atom. The topological polar surface area (TPSA) is 45.4 Å². The van der Waals surface area contributed by atoms with Crippen molar-refractivity contribution in [3.63, 3.8) is 0 Å². The fourth-order valence-corrected chi connectivity index (χ4v) is 3.55. The highest BCUT2D eigenvalue weighted by molar-refractivity contribution is 5.92. The fourth-order valence-electron chi connectivity index (χ4n) is 3.55. The second kappa shape index (κ2) is 7.23. The van der Waals surface area contributed by atoms with E-state index in [4.69, 9.17) is 9.51 Å². The third-order valence-electron chi connectivity index (χ3n) is 4.84. The highest BCUT2D eigenvalue weighted by Crippen LogP contribution is 2.28. The fraction of sp³-hybridized carbons (Fsp3) is 0.400. The molecule has 1 fully saturated rings. The van der Waals surface area contributed by atoms with Crippen LogP contribution in [0.4, 0.5) is 5.69 Å². The predicted octanol–water partition coefficient (Wildman–Crippen LogP) is 3.50. The van der Waals surface area contributed by atoms with E-state index < -0.39 is 0 Å². The molecule has 0 radical (unpaired) electrons. The van der Waals surface area contributed by atoms with E-state index in [-0.39, 0.29) is 0 Å². The number of hydrogen-bond acceptors (Lipinski definition) is 5. The first-order valence-electron chi connectivity index (χ1n) is 9.08. The lowest BCUT2D eigenvalue weighted by Gasteiger charge is -2.36. The summed E-state index contributed by atoms with van der Waals surface area (Å²) in [7, 11) is 0. The molecule has 5 heteroatoms. The molecule has 0 bridgehead atoms. The second-order valence-corrected chi connectivity index (χ2v) is 6.65. The van der Waals surface area contributed by atoms with E-state index in [0.717, 1.165) is 56.8 Å². The standard InChI is InChI=1S/C20H24N4O/c1-2-5-16-14-20(18-6-3-4-7-19(18)21-16)24-11-9-23(10-12-24)15-17-8-13-25-22-17/h3-4,6-8,13-14H,2,5,9-12,15H2,1H3. The molecule has 3 heterocycles. The second-order valence-electron chi connectivity index (χ2n) is 6.65. The molecule has 3 aromatic rings. The minimum atomic E-state index is 0.864. The van der Waals surface area contributed by atoms with Gasteiger partial charge in [-0.25, -0.2) is 0 Å². The normalized spacial score (nSPS) is 15.8. The molecular formula is C20H24N4O. The number of piperazine rings is 1. The van der Waals surface area contributed by atoms with Crippen molar-refractivity contribution < 1.29 is 4.52 Å². The SMILES string of the molecule is CCCc1cc(N2CCN(Cc3ccon3)CC2)c2ccccc2n1. The first kappa shape index (κ1) is 16.1. The Kier molecular flexibility index (Phi) is 4.65. The number of nitrogens with zero attached hydrogens (tertiary/aromatic N) is 4. The molecule has 5 nitrogen and oxygen atoms in total. The van der Waals surface area contributed by atoms with Gasteiger partial charge < -0.3 is 9.42 Å². The van der Waals surface area contributed by atoms with Crippen LogP contribution in [0.5, 0.6) is 0 Å². The molecule has 4 rings (SSSR count). The van der Waals surface area contributed by atoms with Gasteiger partial charge in [0.1, 0.15) is 6.26 Å². The van der Waals surface area contributed by atoms with Gasteiger partial charge >= 0.3 is 0 Å². The molecule has 0 amide bonds. The van der Waals surface area contributed by atoms with Gasteiger partial charge in [0.15, 0.2) is 0 Å². The summed E-state index contributed by atoms with van der Waals surface area (Å²) in [6.07, 6.45) is 3.80. The molecule has 1 aliphatic rings. The number of rotatable bonds is 5. The Bertz CT molecular complexity index is 823. The summed E-state index contributed by atoms with van der Waals surface area (Å²) in [5.41, 5.74) is 4.64. The van der Waals surface area contributed by atoms with Crippen molar-refractivity contribution in [1.29, 1.82) is 0 Å². The largest absolute Gasteiger partial charge is 0.368 e. The quantitative estimate of drug-likeness (QED) is 0.713. The number of pyridine rings is 1. The van der Waals surface area contributed by atoms with Gasteiger partial charge in [0.05, 0.1) is 11.2 Å². The van der Waals surface area contributed by atoms with Gasteiger partial charge in [-0.2, -0.15) is 0 Å². The average molecular weight is 336 g/mol. The van der Waals surface area contributed by atoms with E-state index in [2.05, 4.69) is 52.2 Å². The van der Waals surface area contributed by atoms with Crippen molar-refractivity contribution in [2.24, 2.45) is 0 Å². The summed E-state index contributed by atoms with van der Waals surface area (Å²) in [6, 6.07) is 12.7. The lowest BCUT2D eigenvalue weighted by Crippen LogP contribution is -2.46. The minimum Gasteiger partial charge on any atom is -0.368 e. The van der Waals surface area contributed by atoms with Crippen LogP contribution in [0.3, 0.4) is 0 Å². The molecule has 0 N–H and O–H groups in total. The molecule has 130 valence electrons. The van der Waals surface area contributed by atoms with E-state index in [0.29, 0.717) is 0 Å². The summed E-state index contributed by atoms with van der Waals surface area (Å²) in [4.78, 5) is 9.77. The van der Waals surface area contributed by atoms with Gasteiger partial charge in [-0.05, 0) is 18.6 Å². The molecule has 2 aromatic heterocycles. The van der Waals surface area contributed by atoms with E-state index in [1.54, 1.807) is 6.26 Å². The number of benzene rings is 1. The van der Waals surface area contributed by atoms with Crippen molar-refractivity contribution in [1.82, 2.24) is 15.0 Å². The monoisotopic (exact) mass is 336 g/mol. The summed E-state index contributed by atoms with van der Waals surface area (Å²) in [5.74, 6) is 0. The first-order valence-corrected chi connectivity index (χ1v) is 9.08. The highest BCUT2D eigenvalue weighted by Gasteiger charge is 2.20. The average Bonchev–Trinajstić information content (AvgIpc) is 3.15. The minimum absolute atomic E-state index is 0.864. The van der Waals surface area contributed by atoms with E-state index in [9.17, 15) is 0 Å². The van der Waals surface area contributed by atoms with Crippen LogP contribution in [-0.2, 0) is 13.0 Å². The number of anilines is 1. The van der Waals surface area contributed by atoms with E-state index in [1.807, 2.05) is 6.07 Å². The van der Waals surface area contributed by atoms with Crippen LogP contribution in [0.15, 0.2) is 47.2 Å². The maximum absolute atomic E-state index is 4.94. The Morgan fingerprint density at radius 1 is 1.04 bits per heavy atom. The third kappa shape index (κ3) is 3.51. The maximum Gasteiger partial charge on any atom is 0.124 e. The summed E-state index contributed by atoms with van der Waals surface area (Å²) >= 11 is 0. The Labute approximate surface area is 148 Å². The third-order valence-corrected chi connectivity index (χ3v) is 4.84. The molecule has 0 atom stereocenters. The van der Waals surface area contributed by atoms with Gasteiger partial charge in [0.2, 0.25) is 0 Å².